The first-order chi connectivity index (χ1) is 7.97. The fourth-order valence-electron chi connectivity index (χ4n) is 1.43. The maximum absolute atomic E-state index is 11.8. The number of benzene rings is 1. The average molecular weight is 256 g/mol. The van der Waals surface area contributed by atoms with E-state index in [9.17, 15) is 14.3 Å². The number of nitro benzene ring substituents is 1. The zero-order chi connectivity index (χ0) is 13.0. The fraction of sp³-hybridized carbons (Fsp3) is 0.455. The molecule has 0 saturated carbocycles. The summed E-state index contributed by atoms with van der Waals surface area (Å²) in [6.45, 7) is 3.83. The van der Waals surface area contributed by atoms with Crippen molar-refractivity contribution in [2.24, 2.45) is 5.73 Å². The molecule has 0 aliphatic heterocycles. The van der Waals surface area contributed by atoms with Crippen LogP contribution in [-0.2, 0) is 16.6 Å². The van der Waals surface area contributed by atoms with E-state index in [1.165, 1.54) is 6.07 Å². The van der Waals surface area contributed by atoms with Crippen LogP contribution < -0.4 is 5.73 Å². The van der Waals surface area contributed by atoms with Crippen LogP contribution in [0.15, 0.2) is 18.2 Å². The van der Waals surface area contributed by atoms with Gasteiger partial charge in [0.25, 0.3) is 5.69 Å². The quantitative estimate of drug-likeness (QED) is 0.639. The minimum atomic E-state index is -1.10. The van der Waals surface area contributed by atoms with Gasteiger partial charge in [0, 0.05) is 40.0 Å². The Morgan fingerprint density at radius 3 is 2.71 bits per heavy atom. The van der Waals surface area contributed by atoms with Gasteiger partial charge in [-0.25, -0.2) is 0 Å². The van der Waals surface area contributed by atoms with Crippen LogP contribution in [0.1, 0.15) is 18.1 Å². The van der Waals surface area contributed by atoms with Crippen molar-refractivity contribution in [1.29, 1.82) is 0 Å². The van der Waals surface area contributed by atoms with Gasteiger partial charge < -0.3 is 5.73 Å². The number of rotatable bonds is 5. The van der Waals surface area contributed by atoms with Gasteiger partial charge in [-0.2, -0.15) is 0 Å². The van der Waals surface area contributed by atoms with Crippen LogP contribution in [0.2, 0.25) is 0 Å². The van der Waals surface area contributed by atoms with Crippen molar-refractivity contribution in [2.75, 3.05) is 6.54 Å². The molecule has 17 heavy (non-hydrogen) atoms. The van der Waals surface area contributed by atoms with Gasteiger partial charge in [-0.3, -0.25) is 14.3 Å². The molecule has 0 aliphatic carbocycles. The predicted octanol–water partition coefficient (Wildman–Crippen LogP) is 1.50. The molecule has 0 fully saturated rings. The lowest BCUT2D eigenvalue weighted by Gasteiger charge is -2.10. The molecule has 0 amide bonds. The van der Waals surface area contributed by atoms with Crippen LogP contribution in [-0.4, -0.2) is 20.9 Å². The Balaban J connectivity index is 2.96. The molecule has 0 radical (unpaired) electrons. The van der Waals surface area contributed by atoms with E-state index in [1.807, 2.05) is 6.92 Å². The van der Waals surface area contributed by atoms with Crippen LogP contribution in [0.3, 0.4) is 0 Å². The fourth-order valence-corrected chi connectivity index (χ4v) is 2.55. The van der Waals surface area contributed by atoms with Crippen molar-refractivity contribution in [3.8, 4) is 0 Å². The van der Waals surface area contributed by atoms with Crippen molar-refractivity contribution in [1.82, 2.24) is 0 Å². The molecule has 0 aliphatic rings. The summed E-state index contributed by atoms with van der Waals surface area (Å²) in [6.07, 6.45) is 0. The number of nitrogens with two attached hydrogens (primary N) is 1. The van der Waals surface area contributed by atoms with Crippen molar-refractivity contribution in [3.63, 3.8) is 0 Å². The first-order valence-electron chi connectivity index (χ1n) is 5.27. The minimum absolute atomic E-state index is 0.0694. The number of nitrogens with zero attached hydrogens (tertiary/aromatic N) is 1. The highest BCUT2D eigenvalue weighted by atomic mass is 32.2. The second-order valence-electron chi connectivity index (χ2n) is 3.89. The monoisotopic (exact) mass is 256 g/mol. The van der Waals surface area contributed by atoms with Crippen molar-refractivity contribution in [3.05, 3.63) is 39.4 Å². The third-order valence-corrected chi connectivity index (χ3v) is 4.38. The Hall–Kier alpha value is -1.27. The molecule has 0 aromatic heterocycles. The molecule has 0 saturated heterocycles. The highest BCUT2D eigenvalue weighted by molar-refractivity contribution is 7.84. The second-order valence-corrected chi connectivity index (χ2v) is 5.74. The molecule has 1 aromatic carbocycles. The van der Waals surface area contributed by atoms with Gasteiger partial charge in [0.05, 0.1) is 4.92 Å². The minimum Gasteiger partial charge on any atom is -0.329 e. The van der Waals surface area contributed by atoms with Gasteiger partial charge in [-0.1, -0.05) is 12.1 Å². The summed E-state index contributed by atoms with van der Waals surface area (Å²) in [7, 11) is -1.10. The summed E-state index contributed by atoms with van der Waals surface area (Å²) in [5, 5.41) is 10.7. The van der Waals surface area contributed by atoms with Gasteiger partial charge in [0.2, 0.25) is 0 Å². The molecule has 0 bridgehead atoms. The molecule has 5 nitrogen and oxygen atoms in total. The smallest absolute Gasteiger partial charge is 0.272 e. The molecule has 0 heterocycles. The molecule has 6 heteroatoms. The van der Waals surface area contributed by atoms with Crippen molar-refractivity contribution < 1.29 is 9.13 Å². The van der Waals surface area contributed by atoms with E-state index < -0.39 is 15.7 Å². The molecule has 2 unspecified atom stereocenters. The van der Waals surface area contributed by atoms with E-state index in [-0.39, 0.29) is 10.9 Å². The lowest BCUT2D eigenvalue weighted by molar-refractivity contribution is -0.385. The van der Waals surface area contributed by atoms with E-state index in [4.69, 9.17) is 5.73 Å². The molecule has 0 spiro atoms. The molecule has 2 N–H and O–H groups in total. The molecule has 1 aromatic rings. The Kier molecular flexibility index (Phi) is 4.77. The van der Waals surface area contributed by atoms with Gasteiger partial charge >= 0.3 is 0 Å². The van der Waals surface area contributed by atoms with Gasteiger partial charge in [-0.05, 0) is 19.4 Å². The Morgan fingerprint density at radius 2 is 2.18 bits per heavy atom. The standard InChI is InChI=1S/C11H16N2O3S/c1-8(6-12)17(16)7-10-4-3-5-11(9(10)2)13(14)15/h3-5,8H,6-7,12H2,1-2H3. The second kappa shape index (κ2) is 5.88. The van der Waals surface area contributed by atoms with E-state index in [1.54, 1.807) is 19.1 Å². The van der Waals surface area contributed by atoms with E-state index in [0.717, 1.165) is 5.56 Å². The van der Waals surface area contributed by atoms with Gasteiger partial charge in [-0.15, -0.1) is 0 Å². The summed E-state index contributed by atoms with van der Waals surface area (Å²) in [6, 6.07) is 4.84. The largest absolute Gasteiger partial charge is 0.329 e. The maximum Gasteiger partial charge on any atom is 0.272 e. The average Bonchev–Trinajstić information content (AvgIpc) is 2.30. The van der Waals surface area contributed by atoms with Crippen molar-refractivity contribution >= 4 is 16.5 Å². The zero-order valence-electron chi connectivity index (χ0n) is 9.88. The van der Waals surface area contributed by atoms with Crippen molar-refractivity contribution in [2.45, 2.75) is 24.9 Å². The van der Waals surface area contributed by atoms with Gasteiger partial charge in [0.1, 0.15) is 0 Å². The first-order valence-corrected chi connectivity index (χ1v) is 6.65. The normalized spacial score (nSPS) is 14.3. The van der Waals surface area contributed by atoms with Crippen LogP contribution >= 0.6 is 0 Å². The molecule has 94 valence electrons. The highest BCUT2D eigenvalue weighted by Gasteiger charge is 2.16. The summed E-state index contributed by atoms with van der Waals surface area (Å²) >= 11 is 0. The Bertz CT molecular complexity index is 448. The van der Waals surface area contributed by atoms with E-state index in [2.05, 4.69) is 0 Å². The lowest BCUT2D eigenvalue weighted by Crippen LogP contribution is -2.23. The molecule has 1 rings (SSSR count). The number of nitro groups is 1. The van der Waals surface area contributed by atoms with Crippen LogP contribution in [0.4, 0.5) is 5.69 Å². The summed E-state index contributed by atoms with van der Waals surface area (Å²) in [4.78, 5) is 10.3. The Morgan fingerprint density at radius 1 is 1.53 bits per heavy atom. The molecule has 2 atom stereocenters. The first kappa shape index (κ1) is 13.8. The van der Waals surface area contributed by atoms with Crippen LogP contribution in [0, 0.1) is 17.0 Å². The van der Waals surface area contributed by atoms with Gasteiger partial charge in [0.15, 0.2) is 0 Å². The topological polar surface area (TPSA) is 86.2 Å². The lowest BCUT2D eigenvalue weighted by atomic mass is 10.1. The van der Waals surface area contributed by atoms with E-state index in [0.29, 0.717) is 17.9 Å². The highest BCUT2D eigenvalue weighted by Crippen LogP contribution is 2.22. The van der Waals surface area contributed by atoms with E-state index >= 15 is 0 Å². The maximum atomic E-state index is 11.8. The third kappa shape index (κ3) is 3.34. The summed E-state index contributed by atoms with van der Waals surface area (Å²) in [5.41, 5.74) is 6.84. The summed E-state index contributed by atoms with van der Waals surface area (Å²) < 4.78 is 11.8. The summed E-state index contributed by atoms with van der Waals surface area (Å²) in [5.74, 6) is 0.311. The number of hydrogen-bond acceptors (Lipinski definition) is 4. The number of hydrogen-bond donors (Lipinski definition) is 1. The Labute approximate surface area is 103 Å². The molecular formula is C11H16N2O3S. The third-order valence-electron chi connectivity index (χ3n) is 2.69. The molecular weight excluding hydrogens is 240 g/mol. The van der Waals surface area contributed by atoms with Crippen LogP contribution in [0.25, 0.3) is 0 Å². The SMILES string of the molecule is Cc1c(CS(=O)C(C)CN)cccc1[N+](=O)[O-]. The zero-order valence-corrected chi connectivity index (χ0v) is 10.7. The predicted molar refractivity (Wildman–Crippen MR) is 68.2 cm³/mol. The van der Waals surface area contributed by atoms with Crippen LogP contribution in [0.5, 0.6) is 0 Å².